The predicted octanol–water partition coefficient (Wildman–Crippen LogP) is 3.52. The molecule has 0 radical (unpaired) electrons. The molecule has 0 fully saturated rings. The molecule has 2 aromatic rings. The van der Waals surface area contributed by atoms with E-state index in [9.17, 15) is 4.79 Å². The first-order valence-corrected chi connectivity index (χ1v) is 6.69. The molecule has 2 aromatic carbocycles. The number of aryl methyl sites for hydroxylation is 1. The van der Waals surface area contributed by atoms with Gasteiger partial charge in [-0.1, -0.05) is 18.2 Å². The minimum absolute atomic E-state index is 0.253. The normalized spacial score (nSPS) is 9.76. The van der Waals surface area contributed by atoms with Crippen LogP contribution in [0, 0.1) is 18.3 Å². The van der Waals surface area contributed by atoms with E-state index < -0.39 is 0 Å². The Morgan fingerprint density at radius 2 is 2.05 bits per heavy atom. The monoisotopic (exact) mass is 280 g/mol. The van der Waals surface area contributed by atoms with Crippen molar-refractivity contribution in [2.45, 2.75) is 13.8 Å². The number of hydrogen-bond donors (Lipinski definition) is 1. The molecule has 0 heterocycles. The maximum Gasteiger partial charge on any atom is 0.259 e. The molecule has 4 heteroatoms. The van der Waals surface area contributed by atoms with Crippen LogP contribution < -0.4 is 10.1 Å². The van der Waals surface area contributed by atoms with Crippen LogP contribution in [0.1, 0.15) is 28.4 Å². The summed E-state index contributed by atoms with van der Waals surface area (Å²) in [6, 6.07) is 14.3. The van der Waals surface area contributed by atoms with E-state index >= 15 is 0 Å². The van der Waals surface area contributed by atoms with Gasteiger partial charge in [0, 0.05) is 5.69 Å². The summed E-state index contributed by atoms with van der Waals surface area (Å²) >= 11 is 0. The Balaban J connectivity index is 2.28. The highest BCUT2D eigenvalue weighted by Gasteiger charge is 2.13. The first-order valence-electron chi connectivity index (χ1n) is 6.69. The maximum absolute atomic E-state index is 12.4. The lowest BCUT2D eigenvalue weighted by atomic mass is 10.1. The zero-order chi connectivity index (χ0) is 15.2. The zero-order valence-corrected chi connectivity index (χ0v) is 12.0. The second-order valence-corrected chi connectivity index (χ2v) is 4.52. The number of ether oxygens (including phenoxy) is 1. The van der Waals surface area contributed by atoms with Gasteiger partial charge in [0.2, 0.25) is 0 Å². The number of nitriles is 1. The van der Waals surface area contributed by atoms with Crippen molar-refractivity contribution in [1.82, 2.24) is 0 Å². The quantitative estimate of drug-likeness (QED) is 0.932. The van der Waals surface area contributed by atoms with Crippen LogP contribution in [0.5, 0.6) is 5.75 Å². The van der Waals surface area contributed by atoms with Crippen molar-refractivity contribution >= 4 is 11.6 Å². The zero-order valence-electron chi connectivity index (χ0n) is 12.0. The Hall–Kier alpha value is -2.80. The van der Waals surface area contributed by atoms with Crippen molar-refractivity contribution in [2.75, 3.05) is 11.9 Å². The van der Waals surface area contributed by atoms with Gasteiger partial charge in [-0.05, 0) is 43.7 Å². The average molecular weight is 280 g/mol. The van der Waals surface area contributed by atoms with Gasteiger partial charge in [0.15, 0.2) is 0 Å². The third-order valence-corrected chi connectivity index (χ3v) is 3.05. The Morgan fingerprint density at radius 1 is 1.29 bits per heavy atom. The molecule has 0 bridgehead atoms. The molecule has 2 rings (SSSR count). The third kappa shape index (κ3) is 3.40. The topological polar surface area (TPSA) is 62.1 Å². The van der Waals surface area contributed by atoms with E-state index in [4.69, 9.17) is 10.00 Å². The van der Waals surface area contributed by atoms with Crippen molar-refractivity contribution in [3.05, 3.63) is 59.2 Å². The van der Waals surface area contributed by atoms with Gasteiger partial charge < -0.3 is 10.1 Å². The number of benzene rings is 2. The van der Waals surface area contributed by atoms with E-state index in [1.54, 1.807) is 30.3 Å². The number of hydrogen-bond acceptors (Lipinski definition) is 3. The van der Waals surface area contributed by atoms with Crippen molar-refractivity contribution < 1.29 is 9.53 Å². The first kappa shape index (κ1) is 14.6. The molecule has 0 spiro atoms. The van der Waals surface area contributed by atoms with E-state index in [2.05, 4.69) is 11.4 Å². The highest BCUT2D eigenvalue weighted by atomic mass is 16.5. The van der Waals surface area contributed by atoms with Crippen LogP contribution in [0.25, 0.3) is 0 Å². The van der Waals surface area contributed by atoms with Gasteiger partial charge in [-0.15, -0.1) is 0 Å². The minimum atomic E-state index is -0.253. The van der Waals surface area contributed by atoms with Gasteiger partial charge >= 0.3 is 0 Å². The molecule has 1 N–H and O–H groups in total. The summed E-state index contributed by atoms with van der Waals surface area (Å²) in [6.45, 7) is 4.24. The predicted molar refractivity (Wildman–Crippen MR) is 81.5 cm³/mol. The Kier molecular flexibility index (Phi) is 4.57. The second kappa shape index (κ2) is 6.58. The van der Waals surface area contributed by atoms with Gasteiger partial charge in [-0.2, -0.15) is 5.26 Å². The Bertz CT molecular complexity index is 702. The van der Waals surface area contributed by atoms with E-state index in [-0.39, 0.29) is 5.91 Å². The molecule has 0 aliphatic rings. The highest BCUT2D eigenvalue weighted by molar-refractivity contribution is 6.06. The molecular formula is C17H16N2O2. The maximum atomic E-state index is 12.4. The Morgan fingerprint density at radius 3 is 2.76 bits per heavy atom. The van der Waals surface area contributed by atoms with Gasteiger partial charge in [0.25, 0.3) is 5.91 Å². The average Bonchev–Trinajstić information content (AvgIpc) is 2.50. The van der Waals surface area contributed by atoms with Crippen LogP contribution >= 0.6 is 0 Å². The van der Waals surface area contributed by atoms with Crippen molar-refractivity contribution in [2.24, 2.45) is 0 Å². The van der Waals surface area contributed by atoms with Gasteiger partial charge in [-0.3, -0.25) is 4.79 Å². The summed E-state index contributed by atoms with van der Waals surface area (Å²) in [4.78, 5) is 12.4. The van der Waals surface area contributed by atoms with E-state index in [1.165, 1.54) is 0 Å². The highest BCUT2D eigenvalue weighted by Crippen LogP contribution is 2.22. The van der Waals surface area contributed by atoms with Crippen molar-refractivity contribution in [3.8, 4) is 11.8 Å². The minimum Gasteiger partial charge on any atom is -0.493 e. The lowest BCUT2D eigenvalue weighted by molar-refractivity contribution is 0.102. The number of nitrogens with zero attached hydrogens (tertiary/aromatic N) is 1. The fourth-order valence-electron chi connectivity index (χ4n) is 1.95. The molecule has 0 atom stereocenters. The molecular weight excluding hydrogens is 264 g/mol. The fraction of sp³-hybridized carbons (Fsp3) is 0.176. The standard InChI is InChI=1S/C17H16N2O2/c1-3-21-16-7-5-4-6-14(16)17(20)19-15-10-13(11-18)9-8-12(15)2/h4-10H,3H2,1-2H3,(H,19,20). The molecule has 0 unspecified atom stereocenters. The number of rotatable bonds is 4. The molecule has 0 saturated heterocycles. The number of carbonyl (C=O) groups is 1. The Labute approximate surface area is 124 Å². The summed E-state index contributed by atoms with van der Waals surface area (Å²) in [6.07, 6.45) is 0. The van der Waals surface area contributed by atoms with E-state index in [1.807, 2.05) is 26.0 Å². The molecule has 0 aromatic heterocycles. The molecule has 0 aliphatic heterocycles. The number of anilines is 1. The second-order valence-electron chi connectivity index (χ2n) is 4.52. The number of carbonyl (C=O) groups excluding carboxylic acids is 1. The van der Waals surface area contributed by atoms with Gasteiger partial charge in [-0.25, -0.2) is 0 Å². The molecule has 0 saturated carbocycles. The number of para-hydroxylation sites is 1. The largest absolute Gasteiger partial charge is 0.493 e. The number of amides is 1. The smallest absolute Gasteiger partial charge is 0.259 e. The van der Waals surface area contributed by atoms with Crippen LogP contribution in [0.4, 0.5) is 5.69 Å². The molecule has 21 heavy (non-hydrogen) atoms. The van der Waals surface area contributed by atoms with Gasteiger partial charge in [0.1, 0.15) is 5.75 Å². The SMILES string of the molecule is CCOc1ccccc1C(=O)Nc1cc(C#N)ccc1C. The van der Waals surface area contributed by atoms with Crippen LogP contribution in [0.3, 0.4) is 0 Å². The summed E-state index contributed by atoms with van der Waals surface area (Å²) in [5.74, 6) is 0.295. The summed E-state index contributed by atoms with van der Waals surface area (Å²) in [5.41, 5.74) is 2.51. The van der Waals surface area contributed by atoms with Crippen molar-refractivity contribution in [1.29, 1.82) is 5.26 Å². The summed E-state index contributed by atoms with van der Waals surface area (Å²) < 4.78 is 5.46. The van der Waals surface area contributed by atoms with E-state index in [0.29, 0.717) is 29.2 Å². The lowest BCUT2D eigenvalue weighted by Crippen LogP contribution is -2.14. The first-order chi connectivity index (χ1) is 10.2. The summed E-state index contributed by atoms with van der Waals surface area (Å²) in [5, 5.41) is 11.8. The van der Waals surface area contributed by atoms with Crippen LogP contribution in [-0.2, 0) is 0 Å². The summed E-state index contributed by atoms with van der Waals surface area (Å²) in [7, 11) is 0. The van der Waals surface area contributed by atoms with E-state index in [0.717, 1.165) is 5.56 Å². The van der Waals surface area contributed by atoms with Crippen molar-refractivity contribution in [3.63, 3.8) is 0 Å². The molecule has 106 valence electrons. The van der Waals surface area contributed by atoms with Crippen LogP contribution in [0.15, 0.2) is 42.5 Å². The molecule has 1 amide bonds. The molecule has 0 aliphatic carbocycles. The molecule has 4 nitrogen and oxygen atoms in total. The van der Waals surface area contributed by atoms with Gasteiger partial charge in [0.05, 0.1) is 23.8 Å². The fourth-order valence-corrected chi connectivity index (χ4v) is 1.95. The number of nitrogens with one attached hydrogen (secondary N) is 1. The third-order valence-electron chi connectivity index (χ3n) is 3.05. The van der Waals surface area contributed by atoms with Crippen LogP contribution in [0.2, 0.25) is 0 Å². The lowest BCUT2D eigenvalue weighted by Gasteiger charge is -2.12. The van der Waals surface area contributed by atoms with Crippen LogP contribution in [-0.4, -0.2) is 12.5 Å².